The van der Waals surface area contributed by atoms with Crippen molar-refractivity contribution in [3.8, 4) is 11.4 Å². The van der Waals surface area contributed by atoms with Crippen LogP contribution in [0.15, 0.2) is 30.6 Å². The van der Waals surface area contributed by atoms with Gasteiger partial charge in [-0.3, -0.25) is 0 Å². The lowest BCUT2D eigenvalue weighted by molar-refractivity contribution is -0.141. The van der Waals surface area contributed by atoms with E-state index >= 15 is 0 Å². The van der Waals surface area contributed by atoms with Gasteiger partial charge in [0.25, 0.3) is 0 Å². The number of ether oxygens (including phenoxy) is 1. The number of carbonyl (C=O) groups excluding carboxylic acids is 1. The molecule has 0 fully saturated rings. The normalized spacial score (nSPS) is 11.2. The summed E-state index contributed by atoms with van der Waals surface area (Å²) in [6.45, 7) is 3.56. The van der Waals surface area contributed by atoms with Crippen molar-refractivity contribution in [2.24, 2.45) is 0 Å². The number of rotatable bonds is 4. The summed E-state index contributed by atoms with van der Waals surface area (Å²) in [5, 5.41) is 4.75. The highest BCUT2D eigenvalue weighted by atomic mass is 35.5. The van der Waals surface area contributed by atoms with E-state index in [1.54, 1.807) is 32.0 Å². The second-order valence-electron chi connectivity index (χ2n) is 4.58. The van der Waals surface area contributed by atoms with Crippen LogP contribution in [-0.2, 0) is 9.53 Å². The molecular formula is C14H15ClN4O2. The van der Waals surface area contributed by atoms with Crippen LogP contribution in [0.3, 0.4) is 0 Å². The minimum Gasteiger partial charge on any atom is -0.460 e. The first-order valence-corrected chi connectivity index (χ1v) is 6.69. The summed E-state index contributed by atoms with van der Waals surface area (Å²) < 4.78 is 6.37. The molecule has 0 amide bonds. The number of anilines is 1. The second kappa shape index (κ2) is 6.41. The molecule has 0 bridgehead atoms. The summed E-state index contributed by atoms with van der Waals surface area (Å²) in [5.74, 6) is -0.0128. The van der Waals surface area contributed by atoms with Gasteiger partial charge in [0.15, 0.2) is 5.82 Å². The van der Waals surface area contributed by atoms with E-state index in [4.69, 9.17) is 22.1 Å². The van der Waals surface area contributed by atoms with Crippen LogP contribution in [0.4, 0.5) is 5.69 Å². The van der Waals surface area contributed by atoms with Crippen LogP contribution in [0.25, 0.3) is 17.6 Å². The number of halogens is 1. The van der Waals surface area contributed by atoms with Gasteiger partial charge in [-0.05, 0) is 32.0 Å². The summed E-state index contributed by atoms with van der Waals surface area (Å²) in [4.78, 5) is 15.5. The van der Waals surface area contributed by atoms with Gasteiger partial charge >= 0.3 is 5.97 Å². The molecule has 0 aliphatic rings. The quantitative estimate of drug-likeness (QED) is 0.533. The number of hydrogen-bond donors (Lipinski definition) is 1. The van der Waals surface area contributed by atoms with E-state index in [0.717, 1.165) is 0 Å². The molecule has 0 radical (unpaired) electrons. The van der Waals surface area contributed by atoms with Crippen molar-refractivity contribution in [2.45, 2.75) is 20.0 Å². The van der Waals surface area contributed by atoms with Gasteiger partial charge in [-0.2, -0.15) is 0 Å². The molecule has 0 saturated heterocycles. The van der Waals surface area contributed by atoms with Crippen LogP contribution in [0.5, 0.6) is 0 Å². The zero-order chi connectivity index (χ0) is 15.4. The largest absolute Gasteiger partial charge is 0.460 e. The van der Waals surface area contributed by atoms with Gasteiger partial charge in [0, 0.05) is 28.5 Å². The summed E-state index contributed by atoms with van der Waals surface area (Å²) in [6, 6.07) is 5.07. The van der Waals surface area contributed by atoms with Gasteiger partial charge < -0.3 is 10.5 Å². The molecule has 0 aliphatic carbocycles. The van der Waals surface area contributed by atoms with E-state index in [9.17, 15) is 4.79 Å². The minimum atomic E-state index is -0.440. The number of esters is 1. The Hall–Kier alpha value is -2.34. The molecule has 0 saturated carbocycles. The maximum absolute atomic E-state index is 11.4. The van der Waals surface area contributed by atoms with Crippen LogP contribution in [0.1, 0.15) is 13.8 Å². The predicted molar refractivity (Wildman–Crippen MR) is 81.4 cm³/mol. The highest BCUT2D eigenvalue weighted by Gasteiger charge is 2.08. The standard InChI is InChI=1S/C14H15ClN4O2/c1-9(2)21-13(20)5-6-19-8-17-14(18-19)11-7-10(15)3-4-12(11)16/h3-9H,16H2,1-2H3/b6-5+. The van der Waals surface area contributed by atoms with Gasteiger partial charge in [0.2, 0.25) is 0 Å². The van der Waals surface area contributed by atoms with Gasteiger partial charge in [0.1, 0.15) is 6.33 Å². The van der Waals surface area contributed by atoms with Crippen molar-refractivity contribution in [1.82, 2.24) is 14.8 Å². The number of carbonyl (C=O) groups is 1. The van der Waals surface area contributed by atoms with Gasteiger partial charge in [-0.25, -0.2) is 14.5 Å². The number of nitrogen functional groups attached to an aromatic ring is 1. The molecule has 2 rings (SSSR count). The van der Waals surface area contributed by atoms with Crippen molar-refractivity contribution < 1.29 is 9.53 Å². The number of nitrogens with two attached hydrogens (primary N) is 1. The first-order chi connectivity index (χ1) is 9.95. The SMILES string of the molecule is CC(C)OC(=O)/C=C/n1cnc(-c2cc(Cl)ccc2N)n1. The predicted octanol–water partition coefficient (Wildman–Crippen LogP) is 2.60. The van der Waals surface area contributed by atoms with Crippen molar-refractivity contribution in [2.75, 3.05) is 5.73 Å². The van der Waals surface area contributed by atoms with E-state index in [-0.39, 0.29) is 6.10 Å². The Morgan fingerprint density at radius 2 is 2.24 bits per heavy atom. The zero-order valence-corrected chi connectivity index (χ0v) is 12.4. The Balaban J connectivity index is 2.16. The van der Waals surface area contributed by atoms with Crippen molar-refractivity contribution in [3.63, 3.8) is 0 Å². The Morgan fingerprint density at radius 1 is 1.48 bits per heavy atom. The highest BCUT2D eigenvalue weighted by molar-refractivity contribution is 6.31. The molecule has 2 aromatic rings. The summed E-state index contributed by atoms with van der Waals surface area (Å²) in [7, 11) is 0. The smallest absolute Gasteiger partial charge is 0.332 e. The first kappa shape index (κ1) is 15.1. The van der Waals surface area contributed by atoms with Crippen LogP contribution in [0, 0.1) is 0 Å². The van der Waals surface area contributed by atoms with Crippen molar-refractivity contribution in [1.29, 1.82) is 0 Å². The third kappa shape index (κ3) is 4.06. The lowest BCUT2D eigenvalue weighted by Crippen LogP contribution is -2.08. The summed E-state index contributed by atoms with van der Waals surface area (Å²) in [5.41, 5.74) is 7.03. The molecule has 2 N–H and O–H groups in total. The third-order valence-electron chi connectivity index (χ3n) is 2.48. The fourth-order valence-electron chi connectivity index (χ4n) is 1.60. The Labute approximate surface area is 127 Å². The molecule has 0 atom stereocenters. The van der Waals surface area contributed by atoms with Gasteiger partial charge in [-0.1, -0.05) is 11.6 Å². The maximum Gasteiger partial charge on any atom is 0.332 e. The highest BCUT2D eigenvalue weighted by Crippen LogP contribution is 2.25. The van der Waals surface area contributed by atoms with Crippen LogP contribution >= 0.6 is 11.6 Å². The molecule has 0 aliphatic heterocycles. The van der Waals surface area contributed by atoms with E-state index in [0.29, 0.717) is 22.1 Å². The first-order valence-electron chi connectivity index (χ1n) is 6.31. The van der Waals surface area contributed by atoms with Crippen LogP contribution < -0.4 is 5.73 Å². The average Bonchev–Trinajstić information content (AvgIpc) is 2.87. The molecular weight excluding hydrogens is 292 g/mol. The average molecular weight is 307 g/mol. The number of hydrogen-bond acceptors (Lipinski definition) is 5. The van der Waals surface area contributed by atoms with E-state index in [1.165, 1.54) is 23.3 Å². The molecule has 7 heteroatoms. The Bertz CT molecular complexity index is 679. The monoisotopic (exact) mass is 306 g/mol. The lowest BCUT2D eigenvalue weighted by atomic mass is 10.2. The Kier molecular flexibility index (Phi) is 4.59. The second-order valence-corrected chi connectivity index (χ2v) is 5.02. The molecule has 1 heterocycles. The molecule has 1 aromatic carbocycles. The third-order valence-corrected chi connectivity index (χ3v) is 2.72. The lowest BCUT2D eigenvalue weighted by Gasteiger charge is -2.03. The molecule has 1 aromatic heterocycles. The molecule has 6 nitrogen and oxygen atoms in total. The fraction of sp³-hybridized carbons (Fsp3) is 0.214. The zero-order valence-electron chi connectivity index (χ0n) is 11.7. The number of aromatic nitrogens is 3. The fourth-order valence-corrected chi connectivity index (χ4v) is 1.77. The molecule has 21 heavy (non-hydrogen) atoms. The number of nitrogens with zero attached hydrogens (tertiary/aromatic N) is 3. The van der Waals surface area contributed by atoms with Crippen molar-refractivity contribution in [3.05, 3.63) is 35.6 Å². The molecule has 0 unspecified atom stereocenters. The topological polar surface area (TPSA) is 83.0 Å². The van der Waals surface area contributed by atoms with Crippen LogP contribution in [0.2, 0.25) is 5.02 Å². The van der Waals surface area contributed by atoms with E-state index < -0.39 is 5.97 Å². The Morgan fingerprint density at radius 3 is 2.95 bits per heavy atom. The number of benzene rings is 1. The van der Waals surface area contributed by atoms with Gasteiger partial charge in [-0.15, -0.1) is 5.10 Å². The van der Waals surface area contributed by atoms with E-state index in [1.807, 2.05) is 0 Å². The van der Waals surface area contributed by atoms with Crippen molar-refractivity contribution >= 4 is 29.5 Å². The molecule has 0 spiro atoms. The van der Waals surface area contributed by atoms with E-state index in [2.05, 4.69) is 10.1 Å². The minimum absolute atomic E-state index is 0.167. The maximum atomic E-state index is 11.4. The summed E-state index contributed by atoms with van der Waals surface area (Å²) >= 11 is 5.93. The summed E-state index contributed by atoms with van der Waals surface area (Å²) in [6.07, 6.45) is 4.04. The van der Waals surface area contributed by atoms with Gasteiger partial charge in [0.05, 0.1) is 6.10 Å². The van der Waals surface area contributed by atoms with Crippen LogP contribution in [-0.4, -0.2) is 26.8 Å². The molecule has 110 valence electrons.